The molecule has 3 nitrogen and oxygen atoms in total. The first-order chi connectivity index (χ1) is 9.96. The van der Waals surface area contributed by atoms with E-state index < -0.39 is 0 Å². The van der Waals surface area contributed by atoms with E-state index in [1.165, 1.54) is 5.56 Å². The van der Waals surface area contributed by atoms with Crippen LogP contribution in [0, 0.1) is 11.8 Å². The summed E-state index contributed by atoms with van der Waals surface area (Å²) in [4.78, 5) is 12.4. The van der Waals surface area contributed by atoms with E-state index in [1.54, 1.807) is 0 Å². The normalized spacial score (nSPS) is 22.8. The van der Waals surface area contributed by atoms with Crippen molar-refractivity contribution in [2.24, 2.45) is 11.8 Å². The Morgan fingerprint density at radius 2 is 2.00 bits per heavy atom. The van der Waals surface area contributed by atoms with Gasteiger partial charge in [0.05, 0.1) is 5.92 Å². The minimum Gasteiger partial charge on any atom is -0.351 e. The van der Waals surface area contributed by atoms with Gasteiger partial charge in [0.25, 0.3) is 0 Å². The minimum absolute atomic E-state index is 0.116. The molecule has 1 heterocycles. The summed E-state index contributed by atoms with van der Waals surface area (Å²) >= 11 is 0. The maximum absolute atomic E-state index is 12.4. The molecule has 2 N–H and O–H groups in total. The van der Waals surface area contributed by atoms with Crippen molar-refractivity contribution in [1.82, 2.24) is 10.6 Å². The molecule has 0 aromatic heterocycles. The first kappa shape index (κ1) is 16.0. The molecule has 0 bridgehead atoms. The molecule has 3 heteroatoms. The van der Waals surface area contributed by atoms with Crippen molar-refractivity contribution in [3.63, 3.8) is 0 Å². The Hall–Kier alpha value is -1.35. The Kier molecular flexibility index (Phi) is 5.40. The molecule has 2 atom stereocenters. The molecule has 1 aromatic carbocycles. The third-order valence-electron chi connectivity index (χ3n) is 4.28. The monoisotopic (exact) mass is 288 g/mol. The number of rotatable bonds is 5. The van der Waals surface area contributed by atoms with Crippen molar-refractivity contribution in [2.45, 2.75) is 45.6 Å². The van der Waals surface area contributed by atoms with Gasteiger partial charge in [-0.2, -0.15) is 0 Å². The highest BCUT2D eigenvalue weighted by Crippen LogP contribution is 2.19. The average molecular weight is 288 g/mol. The predicted molar refractivity (Wildman–Crippen MR) is 87.1 cm³/mol. The Balaban J connectivity index is 1.83. The van der Waals surface area contributed by atoms with Crippen molar-refractivity contribution in [3.05, 3.63) is 35.9 Å². The van der Waals surface area contributed by atoms with Crippen LogP contribution in [-0.2, 0) is 11.2 Å². The third-order valence-corrected chi connectivity index (χ3v) is 4.28. The number of aryl methyl sites for hydroxylation is 1. The third kappa shape index (κ3) is 5.16. The topological polar surface area (TPSA) is 41.1 Å². The zero-order valence-electron chi connectivity index (χ0n) is 13.5. The summed E-state index contributed by atoms with van der Waals surface area (Å²) in [7, 11) is 0. The molecule has 0 saturated carbocycles. The van der Waals surface area contributed by atoms with Crippen molar-refractivity contribution >= 4 is 5.91 Å². The summed E-state index contributed by atoms with van der Waals surface area (Å²) in [5.41, 5.74) is 1.17. The number of amides is 1. The summed E-state index contributed by atoms with van der Waals surface area (Å²) in [6, 6.07) is 10.5. The first-order valence-corrected chi connectivity index (χ1v) is 8.03. The molecule has 0 spiro atoms. The second-order valence-electron chi connectivity index (χ2n) is 7.05. The molecule has 1 fully saturated rings. The zero-order chi connectivity index (χ0) is 15.3. The van der Waals surface area contributed by atoms with Crippen LogP contribution in [0.15, 0.2) is 30.3 Å². The summed E-state index contributed by atoms with van der Waals surface area (Å²) in [6.45, 7) is 8.28. The van der Waals surface area contributed by atoms with E-state index in [-0.39, 0.29) is 17.4 Å². The van der Waals surface area contributed by atoms with E-state index in [0.717, 1.165) is 32.4 Å². The van der Waals surface area contributed by atoms with Crippen molar-refractivity contribution in [2.75, 3.05) is 13.1 Å². The fraction of sp³-hybridized carbons (Fsp3) is 0.611. The smallest absolute Gasteiger partial charge is 0.224 e. The van der Waals surface area contributed by atoms with Gasteiger partial charge in [0, 0.05) is 12.1 Å². The molecule has 1 aliphatic rings. The average Bonchev–Trinajstić information content (AvgIpc) is 2.46. The summed E-state index contributed by atoms with van der Waals surface area (Å²) in [5, 5.41) is 6.59. The Morgan fingerprint density at radius 3 is 2.67 bits per heavy atom. The van der Waals surface area contributed by atoms with Gasteiger partial charge in [-0.3, -0.25) is 4.79 Å². The van der Waals surface area contributed by atoms with Gasteiger partial charge in [-0.1, -0.05) is 37.3 Å². The fourth-order valence-electron chi connectivity index (χ4n) is 2.96. The molecular formula is C18H28N2O. The van der Waals surface area contributed by atoms with Gasteiger partial charge >= 0.3 is 0 Å². The van der Waals surface area contributed by atoms with E-state index in [2.05, 4.69) is 55.7 Å². The van der Waals surface area contributed by atoms with Crippen LogP contribution < -0.4 is 10.6 Å². The van der Waals surface area contributed by atoms with Crippen LogP contribution >= 0.6 is 0 Å². The van der Waals surface area contributed by atoms with Gasteiger partial charge in [0.2, 0.25) is 5.91 Å². The Labute approximate surface area is 128 Å². The van der Waals surface area contributed by atoms with Crippen molar-refractivity contribution in [1.29, 1.82) is 0 Å². The van der Waals surface area contributed by atoms with Gasteiger partial charge in [-0.15, -0.1) is 0 Å². The van der Waals surface area contributed by atoms with Crippen LogP contribution in [0.3, 0.4) is 0 Å². The van der Waals surface area contributed by atoms with Crippen LogP contribution in [0.4, 0.5) is 0 Å². The van der Waals surface area contributed by atoms with E-state index >= 15 is 0 Å². The molecule has 1 aromatic rings. The summed E-state index contributed by atoms with van der Waals surface area (Å²) < 4.78 is 0. The molecule has 116 valence electrons. The lowest BCUT2D eigenvalue weighted by Gasteiger charge is -2.32. The fourth-order valence-corrected chi connectivity index (χ4v) is 2.96. The van der Waals surface area contributed by atoms with E-state index in [0.29, 0.717) is 5.92 Å². The van der Waals surface area contributed by atoms with Crippen molar-refractivity contribution in [3.8, 4) is 0 Å². The van der Waals surface area contributed by atoms with Gasteiger partial charge in [-0.25, -0.2) is 0 Å². The SMILES string of the molecule is CC1CNCC(C(=O)NC(C)(C)CCc2ccccc2)C1. The van der Waals surface area contributed by atoms with Gasteiger partial charge in [0.15, 0.2) is 0 Å². The molecule has 21 heavy (non-hydrogen) atoms. The van der Waals surface area contributed by atoms with E-state index in [9.17, 15) is 4.79 Å². The summed E-state index contributed by atoms with van der Waals surface area (Å²) in [5.74, 6) is 0.902. The van der Waals surface area contributed by atoms with Gasteiger partial charge in [0.1, 0.15) is 0 Å². The quantitative estimate of drug-likeness (QED) is 0.875. The number of carbonyl (C=O) groups excluding carboxylic acids is 1. The van der Waals surface area contributed by atoms with Crippen LogP contribution in [-0.4, -0.2) is 24.5 Å². The van der Waals surface area contributed by atoms with Gasteiger partial charge in [-0.05, 0) is 51.1 Å². The lowest BCUT2D eigenvalue weighted by Crippen LogP contribution is -2.50. The highest BCUT2D eigenvalue weighted by Gasteiger charge is 2.28. The Morgan fingerprint density at radius 1 is 1.29 bits per heavy atom. The second kappa shape index (κ2) is 7.08. The molecular weight excluding hydrogens is 260 g/mol. The lowest BCUT2D eigenvalue weighted by molar-refractivity contribution is -0.127. The van der Waals surface area contributed by atoms with Crippen LogP contribution in [0.25, 0.3) is 0 Å². The predicted octanol–water partition coefficient (Wildman–Crippen LogP) is 2.76. The largest absolute Gasteiger partial charge is 0.351 e. The first-order valence-electron chi connectivity index (χ1n) is 8.03. The number of nitrogens with one attached hydrogen (secondary N) is 2. The molecule has 1 aliphatic heterocycles. The second-order valence-corrected chi connectivity index (χ2v) is 7.05. The van der Waals surface area contributed by atoms with E-state index in [1.807, 2.05) is 6.07 Å². The van der Waals surface area contributed by atoms with Gasteiger partial charge < -0.3 is 10.6 Å². The Bertz CT molecular complexity index is 456. The zero-order valence-corrected chi connectivity index (χ0v) is 13.5. The highest BCUT2D eigenvalue weighted by molar-refractivity contribution is 5.79. The number of hydrogen-bond acceptors (Lipinski definition) is 2. The minimum atomic E-state index is -0.159. The van der Waals surface area contributed by atoms with Crippen LogP contribution in [0.5, 0.6) is 0 Å². The molecule has 1 saturated heterocycles. The molecule has 1 amide bonds. The van der Waals surface area contributed by atoms with Crippen LogP contribution in [0.1, 0.15) is 39.2 Å². The van der Waals surface area contributed by atoms with E-state index in [4.69, 9.17) is 0 Å². The maximum Gasteiger partial charge on any atom is 0.224 e. The molecule has 0 aliphatic carbocycles. The number of benzene rings is 1. The number of hydrogen-bond donors (Lipinski definition) is 2. The maximum atomic E-state index is 12.4. The highest BCUT2D eigenvalue weighted by atomic mass is 16.2. The van der Waals surface area contributed by atoms with Crippen molar-refractivity contribution < 1.29 is 4.79 Å². The van der Waals surface area contributed by atoms with Crippen LogP contribution in [0.2, 0.25) is 0 Å². The summed E-state index contributed by atoms with van der Waals surface area (Å²) in [6.07, 6.45) is 2.94. The number of carbonyl (C=O) groups is 1. The standard InChI is InChI=1S/C18H28N2O/c1-14-11-16(13-19-12-14)17(21)20-18(2,3)10-9-15-7-5-4-6-8-15/h4-8,14,16,19H,9-13H2,1-3H3,(H,20,21). The molecule has 0 radical (unpaired) electrons. The lowest BCUT2D eigenvalue weighted by atomic mass is 9.89. The molecule has 2 unspecified atom stereocenters. The molecule has 2 rings (SSSR count). The number of piperidine rings is 1.